The molecule has 0 saturated carbocycles. The fourth-order valence-electron chi connectivity index (χ4n) is 4.20. The number of carbonyl (C=O) groups excluding carboxylic acids is 2. The van der Waals surface area contributed by atoms with Gasteiger partial charge in [0.1, 0.15) is 29.1 Å². The van der Waals surface area contributed by atoms with Crippen molar-refractivity contribution < 1.29 is 23.1 Å². The first kappa shape index (κ1) is 23.6. The minimum atomic E-state index is -0.983. The first-order valence-corrected chi connectivity index (χ1v) is 11.6. The van der Waals surface area contributed by atoms with Crippen molar-refractivity contribution in [2.45, 2.75) is 31.9 Å². The van der Waals surface area contributed by atoms with Crippen LogP contribution in [0.15, 0.2) is 54.7 Å². The van der Waals surface area contributed by atoms with Gasteiger partial charge in [-0.1, -0.05) is 36.4 Å². The van der Waals surface area contributed by atoms with Crippen molar-refractivity contribution in [2.24, 2.45) is 0 Å². The van der Waals surface area contributed by atoms with Crippen LogP contribution in [-0.2, 0) is 11.2 Å². The Morgan fingerprint density at radius 2 is 1.92 bits per heavy atom. The van der Waals surface area contributed by atoms with Crippen LogP contribution >= 0.6 is 0 Å². The summed E-state index contributed by atoms with van der Waals surface area (Å²) in [4.78, 5) is 32.1. The number of anilines is 1. The standard InChI is InChI=1S/C26H23F2N5O3/c27-17-9-6-10-18(28)23(17)26(35)31-20-14-33(22-11-4-5-12-36-22)32-24(20)25-29-19(21(15-34)30-25)13-16-7-2-1-3-8-16/h1-3,6-10,14-15,22H,4-5,11-13H2,(H,29,30)(H,31,35). The number of imidazole rings is 1. The Morgan fingerprint density at radius 1 is 1.14 bits per heavy atom. The molecule has 1 unspecified atom stereocenters. The first-order chi connectivity index (χ1) is 17.5. The van der Waals surface area contributed by atoms with Gasteiger partial charge in [0, 0.05) is 13.0 Å². The highest BCUT2D eigenvalue weighted by molar-refractivity contribution is 6.06. The Hall–Kier alpha value is -4.18. The van der Waals surface area contributed by atoms with Gasteiger partial charge >= 0.3 is 0 Å². The number of nitrogens with one attached hydrogen (secondary N) is 2. The highest BCUT2D eigenvalue weighted by Gasteiger charge is 2.25. The smallest absolute Gasteiger partial charge is 0.261 e. The lowest BCUT2D eigenvalue weighted by Crippen LogP contribution is -2.18. The van der Waals surface area contributed by atoms with E-state index in [2.05, 4.69) is 20.4 Å². The van der Waals surface area contributed by atoms with E-state index >= 15 is 0 Å². The van der Waals surface area contributed by atoms with Crippen LogP contribution in [-0.4, -0.2) is 38.5 Å². The van der Waals surface area contributed by atoms with Crippen molar-refractivity contribution in [1.82, 2.24) is 19.7 Å². The third-order valence-corrected chi connectivity index (χ3v) is 5.99. The summed E-state index contributed by atoms with van der Waals surface area (Å²) < 4.78 is 35.8. The van der Waals surface area contributed by atoms with E-state index in [-0.39, 0.29) is 29.1 Å². The van der Waals surface area contributed by atoms with Gasteiger partial charge in [-0.05, 0) is 37.0 Å². The minimum Gasteiger partial charge on any atom is -0.357 e. The molecule has 8 nitrogen and oxygen atoms in total. The summed E-state index contributed by atoms with van der Waals surface area (Å²) in [5, 5.41) is 7.13. The predicted molar refractivity (Wildman–Crippen MR) is 128 cm³/mol. The lowest BCUT2D eigenvalue weighted by Gasteiger charge is -2.22. The van der Waals surface area contributed by atoms with Gasteiger partial charge in [0.2, 0.25) is 0 Å². The molecule has 2 aromatic heterocycles. The molecule has 0 bridgehead atoms. The second-order valence-corrected chi connectivity index (χ2v) is 8.47. The SMILES string of the molecule is O=Cc1nc(-c2nn(C3CCCCO3)cc2NC(=O)c2c(F)cccc2F)[nH]c1Cc1ccccc1. The van der Waals surface area contributed by atoms with Crippen molar-refractivity contribution in [2.75, 3.05) is 11.9 Å². The van der Waals surface area contributed by atoms with E-state index in [1.165, 1.54) is 6.07 Å². The molecule has 5 rings (SSSR count). The normalized spacial score (nSPS) is 15.6. The molecule has 1 aliphatic rings. The maximum atomic E-state index is 14.2. The zero-order chi connectivity index (χ0) is 25.1. The van der Waals surface area contributed by atoms with Crippen molar-refractivity contribution in [3.05, 3.63) is 88.9 Å². The van der Waals surface area contributed by atoms with Gasteiger partial charge in [0.05, 0.1) is 17.6 Å². The van der Waals surface area contributed by atoms with E-state index in [1.807, 2.05) is 30.3 Å². The van der Waals surface area contributed by atoms with Crippen LogP contribution in [0.1, 0.15) is 57.6 Å². The molecule has 2 N–H and O–H groups in total. The quantitative estimate of drug-likeness (QED) is 0.358. The summed E-state index contributed by atoms with van der Waals surface area (Å²) in [5.74, 6) is -2.70. The second-order valence-electron chi connectivity index (χ2n) is 8.47. The van der Waals surface area contributed by atoms with Gasteiger partial charge in [-0.3, -0.25) is 9.59 Å². The van der Waals surface area contributed by atoms with E-state index < -0.39 is 23.1 Å². The zero-order valence-electron chi connectivity index (χ0n) is 19.2. The van der Waals surface area contributed by atoms with Gasteiger partial charge in [0.25, 0.3) is 5.91 Å². The fourth-order valence-corrected chi connectivity index (χ4v) is 4.20. The van der Waals surface area contributed by atoms with Crippen LogP contribution in [0.3, 0.4) is 0 Å². The molecule has 3 heterocycles. The molecule has 0 aliphatic carbocycles. The first-order valence-electron chi connectivity index (χ1n) is 11.6. The van der Waals surface area contributed by atoms with Crippen LogP contribution in [0.2, 0.25) is 0 Å². The van der Waals surface area contributed by atoms with E-state index in [1.54, 1.807) is 10.9 Å². The third kappa shape index (κ3) is 4.80. The van der Waals surface area contributed by atoms with Gasteiger partial charge in [0.15, 0.2) is 17.8 Å². The Balaban J connectivity index is 1.53. The molecule has 10 heteroatoms. The van der Waals surface area contributed by atoms with Crippen molar-refractivity contribution in [1.29, 1.82) is 0 Å². The number of hydrogen-bond acceptors (Lipinski definition) is 5. The number of halogens is 2. The molecule has 2 aromatic carbocycles. The van der Waals surface area contributed by atoms with Crippen LogP contribution in [0.5, 0.6) is 0 Å². The van der Waals surface area contributed by atoms with Gasteiger partial charge < -0.3 is 15.0 Å². The Bertz CT molecular complexity index is 1370. The monoisotopic (exact) mass is 491 g/mol. The molecule has 1 fully saturated rings. The van der Waals surface area contributed by atoms with Crippen molar-refractivity contribution in [3.8, 4) is 11.5 Å². The number of ether oxygens (including phenoxy) is 1. The molecular weight excluding hydrogens is 468 g/mol. The number of amides is 1. The number of aldehydes is 1. The third-order valence-electron chi connectivity index (χ3n) is 5.99. The molecule has 1 saturated heterocycles. The Labute approximate surface area is 205 Å². The van der Waals surface area contributed by atoms with E-state index in [4.69, 9.17) is 4.74 Å². The number of nitrogens with zero attached hydrogens (tertiary/aromatic N) is 3. The average Bonchev–Trinajstić information content (AvgIpc) is 3.49. The topological polar surface area (TPSA) is 102 Å². The highest BCUT2D eigenvalue weighted by Crippen LogP contribution is 2.31. The lowest BCUT2D eigenvalue weighted by molar-refractivity contribution is -0.0393. The molecule has 184 valence electrons. The molecule has 4 aromatic rings. The number of hydrogen-bond donors (Lipinski definition) is 2. The Kier molecular flexibility index (Phi) is 6.68. The van der Waals surface area contributed by atoms with Crippen LogP contribution in [0.25, 0.3) is 11.5 Å². The summed E-state index contributed by atoms with van der Waals surface area (Å²) in [6.45, 7) is 0.569. The summed E-state index contributed by atoms with van der Waals surface area (Å²) in [5.41, 5.74) is 1.44. The number of H-pyrrole nitrogens is 1. The number of aromatic nitrogens is 4. The van der Waals surface area contributed by atoms with E-state index in [0.29, 0.717) is 31.4 Å². The number of aromatic amines is 1. The van der Waals surface area contributed by atoms with Gasteiger partial charge in [-0.15, -0.1) is 0 Å². The second kappa shape index (κ2) is 10.2. The Morgan fingerprint density at radius 3 is 2.61 bits per heavy atom. The number of carbonyl (C=O) groups is 2. The predicted octanol–water partition coefficient (Wildman–Crippen LogP) is 4.91. The van der Waals surface area contributed by atoms with Crippen molar-refractivity contribution in [3.63, 3.8) is 0 Å². The number of rotatable bonds is 7. The summed E-state index contributed by atoms with van der Waals surface area (Å²) in [6, 6.07) is 12.8. The highest BCUT2D eigenvalue weighted by atomic mass is 19.1. The summed E-state index contributed by atoms with van der Waals surface area (Å²) >= 11 is 0. The van der Waals surface area contributed by atoms with Crippen LogP contribution in [0, 0.1) is 11.6 Å². The van der Waals surface area contributed by atoms with E-state index in [0.717, 1.165) is 30.5 Å². The summed E-state index contributed by atoms with van der Waals surface area (Å²) in [6.07, 6.45) is 4.85. The molecular formula is C26H23F2N5O3. The van der Waals surface area contributed by atoms with Crippen molar-refractivity contribution >= 4 is 17.9 Å². The lowest BCUT2D eigenvalue weighted by atomic mass is 10.1. The maximum absolute atomic E-state index is 14.2. The van der Waals surface area contributed by atoms with Crippen LogP contribution in [0.4, 0.5) is 14.5 Å². The van der Waals surface area contributed by atoms with Gasteiger partial charge in [-0.25, -0.2) is 18.4 Å². The molecule has 1 atom stereocenters. The largest absolute Gasteiger partial charge is 0.357 e. The van der Waals surface area contributed by atoms with Crippen LogP contribution < -0.4 is 5.32 Å². The molecule has 1 aliphatic heterocycles. The van der Waals surface area contributed by atoms with E-state index in [9.17, 15) is 18.4 Å². The molecule has 0 spiro atoms. The number of benzene rings is 2. The minimum absolute atomic E-state index is 0.175. The average molecular weight is 491 g/mol. The zero-order valence-corrected chi connectivity index (χ0v) is 19.2. The van der Waals surface area contributed by atoms with Gasteiger partial charge in [-0.2, -0.15) is 5.10 Å². The molecule has 1 amide bonds. The fraction of sp³-hybridized carbons (Fsp3) is 0.231. The molecule has 36 heavy (non-hydrogen) atoms. The molecule has 0 radical (unpaired) electrons. The summed E-state index contributed by atoms with van der Waals surface area (Å²) in [7, 11) is 0. The maximum Gasteiger partial charge on any atom is 0.261 e.